The zero-order valence-corrected chi connectivity index (χ0v) is 20.4. The van der Waals surface area contributed by atoms with Crippen molar-refractivity contribution in [3.63, 3.8) is 0 Å². The zero-order chi connectivity index (χ0) is 26.3. The van der Waals surface area contributed by atoms with E-state index >= 15 is 0 Å². The van der Waals surface area contributed by atoms with Gasteiger partial charge in [0, 0.05) is 10.7 Å². The molecule has 0 spiro atoms. The molecule has 5 nitrogen and oxygen atoms in total. The molecular formula is C26H21Cl2F3N2O3. The number of hydrogen-bond donors (Lipinski definition) is 3. The first-order valence-electron chi connectivity index (χ1n) is 10.9. The van der Waals surface area contributed by atoms with E-state index in [0.29, 0.717) is 34.6 Å². The summed E-state index contributed by atoms with van der Waals surface area (Å²) in [5.41, 5.74) is 0.805. The molecule has 0 radical (unpaired) electrons. The van der Waals surface area contributed by atoms with E-state index in [0.717, 1.165) is 0 Å². The van der Waals surface area contributed by atoms with E-state index in [1.165, 1.54) is 36.4 Å². The number of benzene rings is 3. The van der Waals surface area contributed by atoms with Gasteiger partial charge in [0.25, 0.3) is 5.91 Å². The maximum atomic E-state index is 13.9. The molecule has 1 aliphatic carbocycles. The highest BCUT2D eigenvalue weighted by atomic mass is 35.5. The Bertz CT molecular complexity index is 1340. The van der Waals surface area contributed by atoms with Gasteiger partial charge in [-0.3, -0.25) is 4.79 Å². The third-order valence-electron chi connectivity index (χ3n) is 6.08. The number of halogens is 5. The van der Waals surface area contributed by atoms with Gasteiger partial charge in [-0.2, -0.15) is 13.2 Å². The van der Waals surface area contributed by atoms with Crippen molar-refractivity contribution in [2.24, 2.45) is 0 Å². The molecule has 1 aliphatic rings. The number of carboxylic acid groups (broad SMARTS) is 1. The van der Waals surface area contributed by atoms with Crippen LogP contribution in [0.15, 0.2) is 60.7 Å². The van der Waals surface area contributed by atoms with Gasteiger partial charge in [-0.25, -0.2) is 4.79 Å². The van der Waals surface area contributed by atoms with Crippen LogP contribution in [0.5, 0.6) is 0 Å². The zero-order valence-electron chi connectivity index (χ0n) is 18.9. The Balaban J connectivity index is 1.57. The molecular weight excluding hydrogens is 516 g/mol. The standard InChI is InChI=1S/C26H21Cl2F3N2O3/c1-14-11-17(6-8-20(14)27)22(26(29,30)31)32-18-4-2-3-15(12-18)16-5-7-19(21(28)13-16)23(34)33-25(9-10-25)24(35)36/h2-8,11-13,22,32H,9-10H2,1H3,(H,33,34)(H,35,36). The molecule has 0 aliphatic heterocycles. The Morgan fingerprint density at radius 2 is 1.67 bits per heavy atom. The van der Waals surface area contributed by atoms with Crippen LogP contribution in [0.25, 0.3) is 11.1 Å². The molecule has 1 unspecified atom stereocenters. The molecule has 1 atom stereocenters. The number of carboxylic acids is 1. The van der Waals surface area contributed by atoms with Crippen molar-refractivity contribution >= 4 is 40.8 Å². The largest absolute Gasteiger partial charge is 0.480 e. The average molecular weight is 537 g/mol. The maximum Gasteiger partial charge on any atom is 0.412 e. The number of carbonyl (C=O) groups is 2. The average Bonchev–Trinajstić information content (AvgIpc) is 3.59. The van der Waals surface area contributed by atoms with Crippen molar-refractivity contribution in [2.45, 2.75) is 37.5 Å². The molecule has 3 N–H and O–H groups in total. The molecule has 3 aromatic rings. The van der Waals surface area contributed by atoms with Crippen LogP contribution in [0.1, 0.15) is 40.4 Å². The number of aliphatic carboxylic acids is 1. The van der Waals surface area contributed by atoms with Crippen LogP contribution < -0.4 is 10.6 Å². The molecule has 3 aromatic carbocycles. The van der Waals surface area contributed by atoms with E-state index in [9.17, 15) is 27.9 Å². The second-order valence-corrected chi connectivity index (χ2v) is 9.56. The fraction of sp³-hybridized carbons (Fsp3) is 0.231. The quantitative estimate of drug-likeness (QED) is 0.303. The molecule has 1 saturated carbocycles. The smallest absolute Gasteiger partial charge is 0.412 e. The van der Waals surface area contributed by atoms with Gasteiger partial charge < -0.3 is 15.7 Å². The summed E-state index contributed by atoms with van der Waals surface area (Å²) in [4.78, 5) is 23.9. The van der Waals surface area contributed by atoms with E-state index in [-0.39, 0.29) is 21.8 Å². The van der Waals surface area contributed by atoms with E-state index < -0.39 is 29.6 Å². The van der Waals surface area contributed by atoms with Crippen molar-refractivity contribution in [2.75, 3.05) is 5.32 Å². The van der Waals surface area contributed by atoms with Gasteiger partial charge in [0.05, 0.1) is 10.6 Å². The molecule has 0 bridgehead atoms. The predicted molar refractivity (Wildman–Crippen MR) is 133 cm³/mol. The van der Waals surface area contributed by atoms with E-state index in [1.807, 2.05) is 0 Å². The summed E-state index contributed by atoms with van der Waals surface area (Å²) in [6.45, 7) is 1.64. The van der Waals surface area contributed by atoms with Crippen molar-refractivity contribution in [1.82, 2.24) is 5.32 Å². The minimum atomic E-state index is -4.57. The Labute approximate surface area is 215 Å². The summed E-state index contributed by atoms with van der Waals surface area (Å²) in [5, 5.41) is 14.8. The third kappa shape index (κ3) is 5.44. The molecule has 1 amide bonds. The van der Waals surface area contributed by atoms with Gasteiger partial charge in [0.15, 0.2) is 0 Å². The monoisotopic (exact) mass is 536 g/mol. The topological polar surface area (TPSA) is 78.4 Å². The molecule has 0 aromatic heterocycles. The number of amides is 1. The molecule has 188 valence electrons. The molecule has 0 heterocycles. The normalized spacial score (nSPS) is 15.2. The number of carbonyl (C=O) groups excluding carboxylic acids is 1. The van der Waals surface area contributed by atoms with Gasteiger partial charge in [0.2, 0.25) is 0 Å². The number of alkyl halides is 3. The van der Waals surface area contributed by atoms with Gasteiger partial charge in [-0.05, 0) is 72.4 Å². The Morgan fingerprint density at radius 3 is 2.25 bits per heavy atom. The van der Waals surface area contributed by atoms with E-state index in [4.69, 9.17) is 23.2 Å². The SMILES string of the molecule is Cc1cc(C(Nc2cccc(-c3ccc(C(=O)NC4(C(=O)O)CC4)c(Cl)c3)c2)C(F)(F)F)ccc1Cl. The fourth-order valence-corrected chi connectivity index (χ4v) is 4.22. The first-order valence-corrected chi connectivity index (χ1v) is 11.7. The lowest BCUT2D eigenvalue weighted by molar-refractivity contribution is -0.144. The van der Waals surface area contributed by atoms with Crippen LogP contribution in [0.3, 0.4) is 0 Å². The van der Waals surface area contributed by atoms with Crippen molar-refractivity contribution < 1.29 is 27.9 Å². The Kier molecular flexibility index (Phi) is 6.94. The van der Waals surface area contributed by atoms with Gasteiger partial charge in [-0.15, -0.1) is 0 Å². The van der Waals surface area contributed by atoms with Crippen molar-refractivity contribution in [3.05, 3.63) is 87.4 Å². The lowest BCUT2D eigenvalue weighted by Gasteiger charge is -2.24. The van der Waals surface area contributed by atoms with Crippen LogP contribution >= 0.6 is 23.2 Å². The summed E-state index contributed by atoms with van der Waals surface area (Å²) >= 11 is 12.3. The van der Waals surface area contributed by atoms with Crippen molar-refractivity contribution in [1.29, 1.82) is 0 Å². The van der Waals surface area contributed by atoms with Crippen LogP contribution in [0, 0.1) is 6.92 Å². The number of hydrogen-bond acceptors (Lipinski definition) is 3. The molecule has 0 saturated heterocycles. The maximum absolute atomic E-state index is 13.9. The Hall–Kier alpha value is -3.23. The van der Waals surface area contributed by atoms with E-state index in [2.05, 4.69) is 10.6 Å². The number of aryl methyl sites for hydroxylation is 1. The summed E-state index contributed by atoms with van der Waals surface area (Å²) < 4.78 is 41.7. The summed E-state index contributed by atoms with van der Waals surface area (Å²) in [7, 11) is 0. The van der Waals surface area contributed by atoms with Crippen LogP contribution in [0.2, 0.25) is 10.0 Å². The van der Waals surface area contributed by atoms with Gasteiger partial charge >= 0.3 is 12.1 Å². The lowest BCUT2D eigenvalue weighted by Crippen LogP contribution is -2.43. The second kappa shape index (κ2) is 9.67. The first kappa shape index (κ1) is 25.9. The Morgan fingerprint density at radius 1 is 0.972 bits per heavy atom. The minimum Gasteiger partial charge on any atom is -0.480 e. The van der Waals surface area contributed by atoms with Crippen LogP contribution in [-0.4, -0.2) is 28.7 Å². The number of anilines is 1. The van der Waals surface area contributed by atoms with Crippen molar-refractivity contribution in [3.8, 4) is 11.1 Å². The molecule has 4 rings (SSSR count). The lowest BCUT2D eigenvalue weighted by atomic mass is 10.0. The van der Waals surface area contributed by atoms with Crippen LogP contribution in [-0.2, 0) is 4.79 Å². The highest BCUT2D eigenvalue weighted by Gasteiger charge is 2.51. The molecule has 1 fully saturated rings. The summed E-state index contributed by atoms with van der Waals surface area (Å²) in [6.07, 6.45) is -3.88. The summed E-state index contributed by atoms with van der Waals surface area (Å²) in [5.74, 6) is -1.70. The van der Waals surface area contributed by atoms with Crippen LogP contribution in [0.4, 0.5) is 18.9 Å². The number of nitrogens with one attached hydrogen (secondary N) is 2. The predicted octanol–water partition coefficient (Wildman–Crippen LogP) is 7.03. The van der Waals surface area contributed by atoms with Gasteiger partial charge in [-0.1, -0.05) is 53.5 Å². The summed E-state index contributed by atoms with van der Waals surface area (Å²) in [6, 6.07) is 13.2. The van der Waals surface area contributed by atoms with E-state index in [1.54, 1.807) is 31.2 Å². The number of rotatable bonds is 7. The molecule has 36 heavy (non-hydrogen) atoms. The fourth-order valence-electron chi connectivity index (χ4n) is 3.84. The molecule has 10 heteroatoms. The first-order chi connectivity index (χ1) is 16.9. The second-order valence-electron chi connectivity index (χ2n) is 8.74. The highest BCUT2D eigenvalue weighted by molar-refractivity contribution is 6.34. The highest BCUT2D eigenvalue weighted by Crippen LogP contribution is 2.38. The van der Waals surface area contributed by atoms with Gasteiger partial charge in [0.1, 0.15) is 11.6 Å². The third-order valence-corrected chi connectivity index (χ3v) is 6.81. The minimum absolute atomic E-state index is 0.0306.